The van der Waals surface area contributed by atoms with E-state index in [4.69, 9.17) is 10.2 Å². The number of para-hydroxylation sites is 1. The van der Waals surface area contributed by atoms with Crippen molar-refractivity contribution in [3.63, 3.8) is 0 Å². The number of amides is 1. The Labute approximate surface area is 122 Å². The van der Waals surface area contributed by atoms with E-state index in [9.17, 15) is 4.79 Å². The average molecular weight is 283 g/mol. The molecule has 1 atom stereocenters. The fourth-order valence-electron chi connectivity index (χ4n) is 2.36. The highest BCUT2D eigenvalue weighted by Gasteiger charge is 2.30. The third kappa shape index (κ3) is 2.68. The van der Waals surface area contributed by atoms with Gasteiger partial charge in [-0.1, -0.05) is 18.2 Å². The Bertz CT molecular complexity index is 757. The van der Waals surface area contributed by atoms with E-state index < -0.39 is 5.54 Å². The van der Waals surface area contributed by atoms with Crippen LogP contribution < -0.4 is 11.1 Å². The fourth-order valence-corrected chi connectivity index (χ4v) is 2.36. The number of H-pyrrole nitrogens is 1. The number of nitrogens with one attached hydrogen (secondary N) is 2. The second-order valence-electron chi connectivity index (χ2n) is 5.39. The van der Waals surface area contributed by atoms with Crippen LogP contribution in [0.5, 0.6) is 0 Å². The van der Waals surface area contributed by atoms with Gasteiger partial charge in [-0.25, -0.2) is 0 Å². The van der Waals surface area contributed by atoms with Gasteiger partial charge in [0.1, 0.15) is 0 Å². The van der Waals surface area contributed by atoms with Crippen LogP contribution in [0.1, 0.15) is 12.5 Å². The van der Waals surface area contributed by atoms with Crippen molar-refractivity contribution in [2.75, 3.05) is 5.32 Å². The summed E-state index contributed by atoms with van der Waals surface area (Å²) in [6, 6.07) is 11.3. The maximum absolute atomic E-state index is 12.3. The van der Waals surface area contributed by atoms with Crippen molar-refractivity contribution >= 4 is 22.7 Å². The standard InChI is InChI=1S/C16H17N3O2/c1-16(17,15(20)19-14-7-4-8-21-14)9-11-10-18-13-6-3-2-5-12(11)13/h2-8,10,18H,9,17H2,1H3,(H,19,20)/t16-/m1/s1. The predicted molar refractivity (Wildman–Crippen MR) is 81.9 cm³/mol. The molecular weight excluding hydrogens is 266 g/mol. The number of furan rings is 1. The Morgan fingerprint density at radius 3 is 2.90 bits per heavy atom. The first-order valence-electron chi connectivity index (χ1n) is 6.75. The maximum Gasteiger partial charge on any atom is 0.246 e. The zero-order chi connectivity index (χ0) is 14.9. The minimum atomic E-state index is -1.03. The number of fused-ring (bicyclic) bond motifs is 1. The van der Waals surface area contributed by atoms with Gasteiger partial charge in [0.2, 0.25) is 5.91 Å². The van der Waals surface area contributed by atoms with Gasteiger partial charge < -0.3 is 15.1 Å². The lowest BCUT2D eigenvalue weighted by Crippen LogP contribution is -2.50. The summed E-state index contributed by atoms with van der Waals surface area (Å²) >= 11 is 0. The van der Waals surface area contributed by atoms with E-state index in [1.165, 1.54) is 6.26 Å². The molecule has 1 amide bonds. The second-order valence-corrected chi connectivity index (χ2v) is 5.39. The molecule has 3 rings (SSSR count). The molecule has 0 fully saturated rings. The van der Waals surface area contributed by atoms with Gasteiger partial charge >= 0.3 is 0 Å². The van der Waals surface area contributed by atoms with Crippen molar-refractivity contribution in [1.29, 1.82) is 0 Å². The number of anilines is 1. The quantitative estimate of drug-likeness (QED) is 0.688. The van der Waals surface area contributed by atoms with Crippen molar-refractivity contribution in [2.45, 2.75) is 18.9 Å². The highest BCUT2D eigenvalue weighted by molar-refractivity contribution is 5.97. The first kappa shape index (κ1) is 13.5. The monoisotopic (exact) mass is 283 g/mol. The molecule has 0 spiro atoms. The molecule has 2 aromatic heterocycles. The Kier molecular flexibility index (Phi) is 3.27. The number of aromatic nitrogens is 1. The number of benzene rings is 1. The minimum absolute atomic E-state index is 0.275. The van der Waals surface area contributed by atoms with Crippen molar-refractivity contribution in [1.82, 2.24) is 4.98 Å². The molecule has 0 bridgehead atoms. The zero-order valence-electron chi connectivity index (χ0n) is 11.7. The summed E-state index contributed by atoms with van der Waals surface area (Å²) in [5, 5.41) is 3.77. The first-order chi connectivity index (χ1) is 10.1. The Morgan fingerprint density at radius 2 is 2.14 bits per heavy atom. The van der Waals surface area contributed by atoms with Gasteiger partial charge in [-0.15, -0.1) is 0 Å². The van der Waals surface area contributed by atoms with E-state index in [1.54, 1.807) is 19.1 Å². The smallest absolute Gasteiger partial charge is 0.246 e. The average Bonchev–Trinajstić information content (AvgIpc) is 3.09. The van der Waals surface area contributed by atoms with Gasteiger partial charge in [0.25, 0.3) is 0 Å². The summed E-state index contributed by atoms with van der Waals surface area (Å²) in [4.78, 5) is 15.5. The van der Waals surface area contributed by atoms with E-state index in [0.29, 0.717) is 12.3 Å². The summed E-state index contributed by atoms with van der Waals surface area (Å²) < 4.78 is 5.11. The number of aromatic amines is 1. The summed E-state index contributed by atoms with van der Waals surface area (Å²) in [5.41, 5.74) is 7.22. The number of hydrogen-bond donors (Lipinski definition) is 3. The molecule has 0 unspecified atom stereocenters. The van der Waals surface area contributed by atoms with E-state index in [0.717, 1.165) is 16.5 Å². The molecule has 5 heteroatoms. The number of hydrogen-bond acceptors (Lipinski definition) is 3. The third-order valence-corrected chi connectivity index (χ3v) is 3.51. The van der Waals surface area contributed by atoms with Crippen LogP contribution in [0, 0.1) is 0 Å². The molecule has 21 heavy (non-hydrogen) atoms. The van der Waals surface area contributed by atoms with Gasteiger partial charge in [-0.2, -0.15) is 0 Å². The molecule has 0 saturated carbocycles. The van der Waals surface area contributed by atoms with Crippen LogP contribution in [0.4, 0.5) is 5.88 Å². The molecular formula is C16H17N3O2. The molecule has 108 valence electrons. The van der Waals surface area contributed by atoms with Crippen LogP contribution in [0.3, 0.4) is 0 Å². The van der Waals surface area contributed by atoms with E-state index in [-0.39, 0.29) is 5.91 Å². The summed E-state index contributed by atoms with van der Waals surface area (Å²) in [6.45, 7) is 1.72. The lowest BCUT2D eigenvalue weighted by atomic mass is 9.93. The van der Waals surface area contributed by atoms with Gasteiger partial charge in [0.05, 0.1) is 11.8 Å². The van der Waals surface area contributed by atoms with E-state index in [1.807, 2.05) is 30.5 Å². The summed E-state index contributed by atoms with van der Waals surface area (Å²) in [5.74, 6) is 0.123. The fraction of sp³-hybridized carbons (Fsp3) is 0.188. The van der Waals surface area contributed by atoms with Gasteiger partial charge in [-0.05, 0) is 24.6 Å². The molecule has 4 N–H and O–H groups in total. The van der Waals surface area contributed by atoms with Crippen molar-refractivity contribution in [3.8, 4) is 0 Å². The normalized spacial score (nSPS) is 14.0. The van der Waals surface area contributed by atoms with Crippen LogP contribution >= 0.6 is 0 Å². The van der Waals surface area contributed by atoms with Crippen molar-refractivity contribution in [2.24, 2.45) is 5.73 Å². The number of nitrogens with two attached hydrogens (primary N) is 1. The molecule has 0 aliphatic heterocycles. The largest absolute Gasteiger partial charge is 0.449 e. The van der Waals surface area contributed by atoms with Crippen LogP contribution in [0.15, 0.2) is 53.3 Å². The predicted octanol–water partition coefficient (Wildman–Crippen LogP) is 2.66. The number of carbonyl (C=O) groups excluding carboxylic acids is 1. The summed E-state index contributed by atoms with van der Waals surface area (Å²) in [6.07, 6.45) is 3.84. The van der Waals surface area contributed by atoms with Crippen LogP contribution in [-0.2, 0) is 11.2 Å². The second kappa shape index (κ2) is 5.10. The number of carbonyl (C=O) groups is 1. The summed E-state index contributed by atoms with van der Waals surface area (Å²) in [7, 11) is 0. The molecule has 0 radical (unpaired) electrons. The van der Waals surface area contributed by atoms with Gasteiger partial charge in [-0.3, -0.25) is 10.1 Å². The molecule has 3 aromatic rings. The molecule has 0 saturated heterocycles. The van der Waals surface area contributed by atoms with E-state index in [2.05, 4.69) is 10.3 Å². The Morgan fingerprint density at radius 1 is 1.33 bits per heavy atom. The molecule has 0 aliphatic carbocycles. The van der Waals surface area contributed by atoms with Crippen LogP contribution in [0.25, 0.3) is 10.9 Å². The SMILES string of the molecule is C[C@@](N)(Cc1c[nH]c2ccccc12)C(=O)Nc1ccco1. The van der Waals surface area contributed by atoms with Crippen LogP contribution in [-0.4, -0.2) is 16.4 Å². The highest BCUT2D eigenvalue weighted by atomic mass is 16.3. The molecule has 2 heterocycles. The first-order valence-corrected chi connectivity index (χ1v) is 6.75. The topological polar surface area (TPSA) is 84.0 Å². The lowest BCUT2D eigenvalue weighted by molar-refractivity contribution is -0.120. The highest BCUT2D eigenvalue weighted by Crippen LogP contribution is 2.22. The van der Waals surface area contributed by atoms with Crippen molar-refractivity contribution < 1.29 is 9.21 Å². The zero-order valence-corrected chi connectivity index (χ0v) is 11.7. The van der Waals surface area contributed by atoms with Crippen LogP contribution in [0.2, 0.25) is 0 Å². The lowest BCUT2D eigenvalue weighted by Gasteiger charge is -2.22. The molecule has 0 aliphatic rings. The maximum atomic E-state index is 12.3. The minimum Gasteiger partial charge on any atom is -0.449 e. The Balaban J connectivity index is 1.80. The van der Waals surface area contributed by atoms with Gasteiger partial charge in [0.15, 0.2) is 5.88 Å². The molecule has 1 aromatic carbocycles. The third-order valence-electron chi connectivity index (χ3n) is 3.51. The van der Waals surface area contributed by atoms with Crippen molar-refractivity contribution in [3.05, 3.63) is 54.4 Å². The Hall–Kier alpha value is -2.53. The van der Waals surface area contributed by atoms with E-state index >= 15 is 0 Å². The molecule has 5 nitrogen and oxygen atoms in total. The number of rotatable bonds is 4. The van der Waals surface area contributed by atoms with Gasteiger partial charge in [0, 0.05) is 29.6 Å².